The van der Waals surface area contributed by atoms with E-state index in [1.165, 1.54) is 41.3 Å². The molecule has 2 aromatic rings. The van der Waals surface area contributed by atoms with Gasteiger partial charge < -0.3 is 10.2 Å². The van der Waals surface area contributed by atoms with Crippen molar-refractivity contribution in [1.82, 2.24) is 5.32 Å². The van der Waals surface area contributed by atoms with Crippen LogP contribution in [0.3, 0.4) is 0 Å². The maximum absolute atomic E-state index is 12.2. The summed E-state index contributed by atoms with van der Waals surface area (Å²) in [6.45, 7) is 0.802. The molecule has 1 amide bonds. The van der Waals surface area contributed by atoms with E-state index >= 15 is 0 Å². The lowest BCUT2D eigenvalue weighted by molar-refractivity contribution is -0.384. The third-order valence-corrected chi connectivity index (χ3v) is 4.97. The molecule has 1 fully saturated rings. The summed E-state index contributed by atoms with van der Waals surface area (Å²) in [7, 11) is -4.66. The van der Waals surface area contributed by atoms with Crippen molar-refractivity contribution in [2.45, 2.75) is 4.90 Å². The molecular formula is C16H15N3O6S. The molecule has 1 aliphatic heterocycles. The van der Waals surface area contributed by atoms with Crippen LogP contribution in [0, 0.1) is 10.1 Å². The lowest BCUT2D eigenvalue weighted by Crippen LogP contribution is -2.48. The predicted octanol–water partition coefficient (Wildman–Crippen LogP) is 1.44. The fourth-order valence-electron chi connectivity index (χ4n) is 2.86. The SMILES string of the molecule is O=C1CNCCN1c1cccc(-c2ccc([N+](=O)[O-])cc2)c1S(=O)(=O)O. The molecule has 1 aliphatic rings. The molecule has 0 atom stereocenters. The second kappa shape index (κ2) is 6.83. The second-order valence-electron chi connectivity index (χ2n) is 5.66. The Labute approximate surface area is 149 Å². The van der Waals surface area contributed by atoms with Crippen molar-refractivity contribution in [3.8, 4) is 11.1 Å². The molecule has 0 spiro atoms. The Hall–Kier alpha value is -2.82. The zero-order valence-corrected chi connectivity index (χ0v) is 14.3. The third-order valence-electron chi connectivity index (χ3n) is 4.02. The molecule has 0 saturated carbocycles. The van der Waals surface area contributed by atoms with Crippen LogP contribution < -0.4 is 10.2 Å². The number of nitro benzene ring substituents is 1. The van der Waals surface area contributed by atoms with Crippen LogP contribution in [0.1, 0.15) is 0 Å². The van der Waals surface area contributed by atoms with Crippen molar-refractivity contribution in [2.75, 3.05) is 24.5 Å². The number of nitro groups is 1. The maximum atomic E-state index is 12.2. The van der Waals surface area contributed by atoms with Gasteiger partial charge in [-0.15, -0.1) is 0 Å². The summed E-state index contributed by atoms with van der Waals surface area (Å²) in [5.41, 5.74) is 0.462. The average molecular weight is 377 g/mol. The smallest absolute Gasteiger partial charge is 0.297 e. The minimum atomic E-state index is -4.66. The second-order valence-corrected chi connectivity index (χ2v) is 7.01. The van der Waals surface area contributed by atoms with Crippen molar-refractivity contribution in [2.24, 2.45) is 0 Å². The van der Waals surface area contributed by atoms with E-state index < -0.39 is 19.9 Å². The minimum Gasteiger partial charge on any atom is -0.309 e. The van der Waals surface area contributed by atoms with E-state index in [0.717, 1.165) is 0 Å². The molecule has 0 radical (unpaired) electrons. The van der Waals surface area contributed by atoms with Crippen LogP contribution >= 0.6 is 0 Å². The predicted molar refractivity (Wildman–Crippen MR) is 93.6 cm³/mol. The molecule has 2 aromatic carbocycles. The molecule has 0 unspecified atom stereocenters. The van der Waals surface area contributed by atoms with Crippen LogP contribution in [0.15, 0.2) is 47.4 Å². The standard InChI is InChI=1S/C16H15N3O6S/c20-15-10-17-8-9-18(15)14-3-1-2-13(16(14)26(23,24)25)11-4-6-12(7-5-11)19(21)22/h1-7,17H,8-10H2,(H,23,24,25). The number of carbonyl (C=O) groups is 1. The zero-order chi connectivity index (χ0) is 18.9. The number of anilines is 1. The summed E-state index contributed by atoms with van der Waals surface area (Å²) in [6, 6.07) is 9.76. The fourth-order valence-corrected chi connectivity index (χ4v) is 3.77. The van der Waals surface area contributed by atoms with Gasteiger partial charge in [0.1, 0.15) is 4.90 Å². The first-order valence-electron chi connectivity index (χ1n) is 7.65. The first kappa shape index (κ1) is 18.0. The zero-order valence-electron chi connectivity index (χ0n) is 13.5. The van der Waals surface area contributed by atoms with Crippen molar-refractivity contribution in [3.05, 3.63) is 52.6 Å². The Morgan fingerprint density at radius 3 is 2.42 bits per heavy atom. The van der Waals surface area contributed by atoms with Gasteiger partial charge >= 0.3 is 0 Å². The number of nitrogens with one attached hydrogen (secondary N) is 1. The highest BCUT2D eigenvalue weighted by Gasteiger charge is 2.28. The van der Waals surface area contributed by atoms with Gasteiger partial charge in [-0.2, -0.15) is 8.42 Å². The molecule has 1 heterocycles. The Morgan fingerprint density at radius 1 is 1.15 bits per heavy atom. The monoisotopic (exact) mass is 377 g/mol. The van der Waals surface area contributed by atoms with Gasteiger partial charge in [0.15, 0.2) is 0 Å². The van der Waals surface area contributed by atoms with Crippen LogP contribution in [0.25, 0.3) is 11.1 Å². The fraction of sp³-hybridized carbons (Fsp3) is 0.188. The molecule has 0 aliphatic carbocycles. The van der Waals surface area contributed by atoms with Gasteiger partial charge in [0.25, 0.3) is 15.8 Å². The van der Waals surface area contributed by atoms with Gasteiger partial charge in [-0.05, 0) is 23.8 Å². The van der Waals surface area contributed by atoms with E-state index in [1.807, 2.05) is 0 Å². The molecule has 0 aromatic heterocycles. The number of piperazine rings is 1. The molecule has 136 valence electrons. The summed E-state index contributed by atoms with van der Waals surface area (Å²) < 4.78 is 33.9. The molecule has 2 N–H and O–H groups in total. The van der Waals surface area contributed by atoms with Crippen molar-refractivity contribution in [1.29, 1.82) is 0 Å². The third kappa shape index (κ3) is 3.43. The highest BCUT2D eigenvalue weighted by atomic mass is 32.2. The van der Waals surface area contributed by atoms with Crippen LogP contribution in [-0.2, 0) is 14.9 Å². The Morgan fingerprint density at radius 2 is 1.85 bits per heavy atom. The van der Waals surface area contributed by atoms with E-state index in [2.05, 4.69) is 5.32 Å². The molecule has 3 rings (SSSR count). The number of amides is 1. The van der Waals surface area contributed by atoms with Crippen molar-refractivity contribution >= 4 is 27.4 Å². The number of benzene rings is 2. The van der Waals surface area contributed by atoms with Crippen molar-refractivity contribution in [3.63, 3.8) is 0 Å². The molecule has 26 heavy (non-hydrogen) atoms. The summed E-state index contributed by atoms with van der Waals surface area (Å²) in [5.74, 6) is -0.318. The minimum absolute atomic E-state index is 0.0622. The summed E-state index contributed by atoms with van der Waals surface area (Å²) in [4.78, 5) is 23.3. The van der Waals surface area contributed by atoms with Crippen LogP contribution in [0.2, 0.25) is 0 Å². The van der Waals surface area contributed by atoms with Gasteiger partial charge in [0, 0.05) is 30.8 Å². The maximum Gasteiger partial charge on any atom is 0.297 e. The average Bonchev–Trinajstić information content (AvgIpc) is 2.61. The van der Waals surface area contributed by atoms with E-state index in [0.29, 0.717) is 12.1 Å². The number of hydrogen-bond acceptors (Lipinski definition) is 6. The normalized spacial score (nSPS) is 15.1. The topological polar surface area (TPSA) is 130 Å². The van der Waals surface area contributed by atoms with E-state index in [-0.39, 0.29) is 35.9 Å². The number of hydrogen-bond donors (Lipinski definition) is 2. The van der Waals surface area contributed by atoms with Crippen LogP contribution in [0.4, 0.5) is 11.4 Å². The number of carbonyl (C=O) groups excluding carboxylic acids is 1. The molecule has 9 nitrogen and oxygen atoms in total. The summed E-state index contributed by atoms with van der Waals surface area (Å²) in [6.07, 6.45) is 0. The molecule has 10 heteroatoms. The largest absolute Gasteiger partial charge is 0.309 e. The van der Waals surface area contributed by atoms with Crippen LogP contribution in [0.5, 0.6) is 0 Å². The summed E-state index contributed by atoms with van der Waals surface area (Å²) in [5, 5.41) is 13.7. The Bertz CT molecular complexity index is 972. The highest BCUT2D eigenvalue weighted by molar-refractivity contribution is 7.86. The van der Waals surface area contributed by atoms with E-state index in [1.54, 1.807) is 6.07 Å². The molecule has 1 saturated heterocycles. The van der Waals surface area contributed by atoms with Gasteiger partial charge in [-0.1, -0.05) is 12.1 Å². The van der Waals surface area contributed by atoms with Gasteiger partial charge in [-0.3, -0.25) is 19.5 Å². The van der Waals surface area contributed by atoms with Crippen molar-refractivity contribution < 1.29 is 22.7 Å². The number of rotatable bonds is 4. The van der Waals surface area contributed by atoms with Gasteiger partial charge in [0.05, 0.1) is 17.2 Å². The van der Waals surface area contributed by atoms with Crippen LogP contribution in [-0.4, -0.2) is 43.4 Å². The Kier molecular flexibility index (Phi) is 4.72. The Balaban J connectivity index is 2.18. The first-order chi connectivity index (χ1) is 12.3. The quantitative estimate of drug-likeness (QED) is 0.468. The van der Waals surface area contributed by atoms with E-state index in [9.17, 15) is 27.9 Å². The number of nitrogens with zero attached hydrogens (tertiary/aromatic N) is 2. The van der Waals surface area contributed by atoms with Gasteiger partial charge in [0.2, 0.25) is 5.91 Å². The summed E-state index contributed by atoms with van der Waals surface area (Å²) >= 11 is 0. The lowest BCUT2D eigenvalue weighted by atomic mass is 10.0. The molecular weight excluding hydrogens is 362 g/mol. The molecule has 0 bridgehead atoms. The highest BCUT2D eigenvalue weighted by Crippen LogP contribution is 2.36. The first-order valence-corrected chi connectivity index (χ1v) is 9.09. The number of non-ortho nitro benzene ring substituents is 1. The van der Waals surface area contributed by atoms with Gasteiger partial charge in [-0.25, -0.2) is 0 Å². The lowest BCUT2D eigenvalue weighted by Gasteiger charge is -2.29. The van der Waals surface area contributed by atoms with E-state index in [4.69, 9.17) is 0 Å².